The Morgan fingerprint density at radius 1 is 1.21 bits per heavy atom. The van der Waals surface area contributed by atoms with Gasteiger partial charge >= 0.3 is 0 Å². The summed E-state index contributed by atoms with van der Waals surface area (Å²) in [5.74, 6) is 2.92. The summed E-state index contributed by atoms with van der Waals surface area (Å²) in [6.07, 6.45) is 2.62. The lowest BCUT2D eigenvalue weighted by molar-refractivity contribution is 0.0726. The molecule has 0 saturated heterocycles. The molecule has 0 fully saturated rings. The number of hydrazine groups is 1. The Bertz CT molecular complexity index is 1010. The number of halogens is 2. The first kappa shape index (κ1) is 19.3. The number of benzene rings is 2. The number of nitrogen functional groups attached to an aromatic ring is 1. The van der Waals surface area contributed by atoms with E-state index in [1.807, 2.05) is 5.43 Å². The molecule has 1 amide bonds. The molecule has 3 rings (SSSR count). The Balaban J connectivity index is 2.05. The highest BCUT2D eigenvalue weighted by atomic mass is 19.1. The molecule has 28 heavy (non-hydrogen) atoms. The molecule has 7 nitrogen and oxygen atoms in total. The van der Waals surface area contributed by atoms with Crippen molar-refractivity contribution in [2.45, 2.75) is 12.1 Å². The molecule has 9 heteroatoms. The van der Waals surface area contributed by atoms with Crippen LogP contribution in [0, 0.1) is 11.6 Å². The molecule has 1 heterocycles. The van der Waals surface area contributed by atoms with Crippen LogP contribution in [0.25, 0.3) is 5.57 Å². The number of carbonyl (C=O) groups excluding carboxylic acids is 1. The molecular formula is C19H17F2N5O2. The van der Waals surface area contributed by atoms with Crippen molar-refractivity contribution in [2.24, 2.45) is 5.84 Å². The number of amides is 1. The van der Waals surface area contributed by atoms with E-state index in [1.54, 1.807) is 12.1 Å². The van der Waals surface area contributed by atoms with Crippen molar-refractivity contribution in [3.05, 3.63) is 90.0 Å². The SMILES string of the molecule is C=C(c1ccc(C(=O)NN)cc1)[C@](O)(Cn1cncn1)c1ccc(F)cc1F. The summed E-state index contributed by atoms with van der Waals surface area (Å²) in [6, 6.07) is 8.94. The second-order valence-electron chi connectivity index (χ2n) is 6.11. The van der Waals surface area contributed by atoms with Gasteiger partial charge < -0.3 is 5.11 Å². The van der Waals surface area contributed by atoms with E-state index in [1.165, 1.54) is 29.5 Å². The van der Waals surface area contributed by atoms with E-state index in [0.29, 0.717) is 17.2 Å². The van der Waals surface area contributed by atoms with Gasteiger partial charge in [-0.25, -0.2) is 24.3 Å². The predicted molar refractivity (Wildman–Crippen MR) is 97.4 cm³/mol. The monoisotopic (exact) mass is 385 g/mol. The lowest BCUT2D eigenvalue weighted by Crippen LogP contribution is -2.34. The van der Waals surface area contributed by atoms with Crippen LogP contribution in [0.2, 0.25) is 0 Å². The molecule has 0 saturated carbocycles. The third kappa shape index (κ3) is 3.66. The van der Waals surface area contributed by atoms with Crippen molar-refractivity contribution in [3.63, 3.8) is 0 Å². The minimum atomic E-state index is -1.96. The van der Waals surface area contributed by atoms with Gasteiger partial charge in [0, 0.05) is 17.2 Å². The zero-order chi connectivity index (χ0) is 20.3. The molecule has 4 N–H and O–H groups in total. The second kappa shape index (κ2) is 7.67. The van der Waals surface area contributed by atoms with Gasteiger partial charge in [-0.2, -0.15) is 5.10 Å². The first-order valence-corrected chi connectivity index (χ1v) is 8.16. The highest BCUT2D eigenvalue weighted by Gasteiger charge is 2.37. The minimum Gasteiger partial charge on any atom is -0.378 e. The van der Waals surface area contributed by atoms with Crippen molar-refractivity contribution in [1.82, 2.24) is 20.2 Å². The number of nitrogens with zero attached hydrogens (tertiary/aromatic N) is 3. The van der Waals surface area contributed by atoms with Gasteiger partial charge in [0.05, 0.1) is 6.54 Å². The van der Waals surface area contributed by atoms with E-state index in [-0.39, 0.29) is 17.7 Å². The number of carbonyl (C=O) groups is 1. The molecule has 0 bridgehead atoms. The van der Waals surface area contributed by atoms with Crippen LogP contribution >= 0.6 is 0 Å². The Morgan fingerprint density at radius 2 is 1.89 bits per heavy atom. The third-order valence-electron chi connectivity index (χ3n) is 4.36. The quantitative estimate of drug-likeness (QED) is 0.341. The Kier molecular flexibility index (Phi) is 5.30. The zero-order valence-corrected chi connectivity index (χ0v) is 14.6. The minimum absolute atomic E-state index is 0.133. The fraction of sp³-hybridized carbons (Fsp3) is 0.105. The summed E-state index contributed by atoms with van der Waals surface area (Å²) in [5.41, 5.74) is 0.765. The van der Waals surface area contributed by atoms with Crippen LogP contribution in [0.15, 0.2) is 61.7 Å². The van der Waals surface area contributed by atoms with E-state index in [4.69, 9.17) is 5.84 Å². The van der Waals surface area contributed by atoms with Gasteiger partial charge in [0.2, 0.25) is 0 Å². The normalized spacial score (nSPS) is 13.0. The van der Waals surface area contributed by atoms with Gasteiger partial charge in [0.15, 0.2) is 0 Å². The van der Waals surface area contributed by atoms with Gasteiger partial charge in [0.1, 0.15) is 29.9 Å². The van der Waals surface area contributed by atoms with Crippen LogP contribution < -0.4 is 11.3 Å². The fourth-order valence-electron chi connectivity index (χ4n) is 2.86. The molecule has 0 aliphatic heterocycles. The van der Waals surface area contributed by atoms with Crippen molar-refractivity contribution in [1.29, 1.82) is 0 Å². The molecule has 1 aromatic heterocycles. The van der Waals surface area contributed by atoms with Gasteiger partial charge in [-0.3, -0.25) is 10.2 Å². The first-order valence-electron chi connectivity index (χ1n) is 8.16. The molecule has 3 aromatic rings. The lowest BCUT2D eigenvalue weighted by atomic mass is 9.82. The average molecular weight is 385 g/mol. The van der Waals surface area contributed by atoms with E-state index < -0.39 is 23.1 Å². The van der Waals surface area contributed by atoms with Crippen molar-refractivity contribution in [2.75, 3.05) is 0 Å². The van der Waals surface area contributed by atoms with E-state index in [9.17, 15) is 18.7 Å². The molecular weight excluding hydrogens is 368 g/mol. The van der Waals surface area contributed by atoms with Crippen LogP contribution in [-0.2, 0) is 12.1 Å². The maximum atomic E-state index is 14.5. The molecule has 1 atom stereocenters. The van der Waals surface area contributed by atoms with Crippen molar-refractivity contribution < 1.29 is 18.7 Å². The van der Waals surface area contributed by atoms with Crippen molar-refractivity contribution >= 4 is 11.5 Å². The Hall–Kier alpha value is -3.43. The zero-order valence-electron chi connectivity index (χ0n) is 14.6. The number of hydrogen-bond acceptors (Lipinski definition) is 5. The van der Waals surface area contributed by atoms with Crippen LogP contribution in [0.5, 0.6) is 0 Å². The summed E-state index contributed by atoms with van der Waals surface area (Å²) in [6.45, 7) is 3.71. The summed E-state index contributed by atoms with van der Waals surface area (Å²) < 4.78 is 29.2. The second-order valence-corrected chi connectivity index (χ2v) is 6.11. The smallest absolute Gasteiger partial charge is 0.265 e. The van der Waals surface area contributed by atoms with Crippen LogP contribution in [0.3, 0.4) is 0 Å². The lowest BCUT2D eigenvalue weighted by Gasteiger charge is -2.31. The number of aliphatic hydroxyl groups is 1. The van der Waals surface area contributed by atoms with Gasteiger partial charge in [-0.15, -0.1) is 0 Å². The maximum Gasteiger partial charge on any atom is 0.265 e. The van der Waals surface area contributed by atoms with Crippen molar-refractivity contribution in [3.8, 4) is 0 Å². The number of aromatic nitrogens is 3. The molecule has 0 spiro atoms. The standard InChI is InChI=1S/C19H17F2N5O2/c1-12(13-2-4-14(5-3-13)18(27)25-22)19(28,9-26-11-23-10-24-26)16-7-6-15(20)8-17(16)21/h2-8,10-11,28H,1,9,22H2,(H,25,27)/t19-/m1/s1. The summed E-state index contributed by atoms with van der Waals surface area (Å²) in [4.78, 5) is 15.4. The number of nitrogens with two attached hydrogens (primary N) is 1. The summed E-state index contributed by atoms with van der Waals surface area (Å²) in [5, 5.41) is 15.4. The predicted octanol–water partition coefficient (Wildman–Crippen LogP) is 1.76. The third-order valence-corrected chi connectivity index (χ3v) is 4.36. The number of hydrogen-bond donors (Lipinski definition) is 3. The highest BCUT2D eigenvalue weighted by molar-refractivity contribution is 5.94. The summed E-state index contributed by atoms with van der Waals surface area (Å²) in [7, 11) is 0. The average Bonchev–Trinajstić information content (AvgIpc) is 3.19. The Morgan fingerprint density at radius 3 is 2.46 bits per heavy atom. The molecule has 0 radical (unpaired) electrons. The van der Waals surface area contributed by atoms with Crippen LogP contribution in [0.4, 0.5) is 8.78 Å². The molecule has 0 unspecified atom stereocenters. The first-order chi connectivity index (χ1) is 13.3. The van der Waals surface area contributed by atoms with E-state index in [2.05, 4.69) is 16.7 Å². The molecule has 0 aliphatic rings. The summed E-state index contributed by atoms with van der Waals surface area (Å²) >= 11 is 0. The number of nitrogens with one attached hydrogen (secondary N) is 1. The highest BCUT2D eigenvalue weighted by Crippen LogP contribution is 2.38. The van der Waals surface area contributed by atoms with Crippen LogP contribution in [-0.4, -0.2) is 25.8 Å². The largest absolute Gasteiger partial charge is 0.378 e. The van der Waals surface area contributed by atoms with E-state index in [0.717, 1.165) is 12.1 Å². The van der Waals surface area contributed by atoms with Gasteiger partial charge in [0.25, 0.3) is 5.91 Å². The maximum absolute atomic E-state index is 14.5. The van der Waals surface area contributed by atoms with Gasteiger partial charge in [-0.05, 0) is 35.4 Å². The molecule has 2 aromatic carbocycles. The van der Waals surface area contributed by atoms with E-state index >= 15 is 0 Å². The Labute approximate surface area is 159 Å². The fourth-order valence-corrected chi connectivity index (χ4v) is 2.86. The molecule has 0 aliphatic carbocycles. The van der Waals surface area contributed by atoms with Crippen LogP contribution in [0.1, 0.15) is 21.5 Å². The van der Waals surface area contributed by atoms with Gasteiger partial charge in [-0.1, -0.05) is 18.7 Å². The topological polar surface area (TPSA) is 106 Å². The number of rotatable bonds is 6. The molecule has 144 valence electrons.